The van der Waals surface area contributed by atoms with Gasteiger partial charge in [-0.15, -0.1) is 0 Å². The standard InChI is InChI=1S/C11H21N3/c1-5-7-14-8-6-13-11(14)10(12-4)9(2)3/h6,8-10,12H,5,7H2,1-4H3. The van der Waals surface area contributed by atoms with Gasteiger partial charge >= 0.3 is 0 Å². The second-order valence-electron chi connectivity index (χ2n) is 3.99. The van der Waals surface area contributed by atoms with Gasteiger partial charge in [-0.2, -0.15) is 0 Å². The molecule has 0 fully saturated rings. The van der Waals surface area contributed by atoms with E-state index in [-0.39, 0.29) is 0 Å². The Morgan fingerprint density at radius 2 is 2.21 bits per heavy atom. The van der Waals surface area contributed by atoms with Gasteiger partial charge in [-0.05, 0) is 19.4 Å². The molecule has 0 aliphatic carbocycles. The molecule has 1 heterocycles. The van der Waals surface area contributed by atoms with E-state index < -0.39 is 0 Å². The Morgan fingerprint density at radius 3 is 2.71 bits per heavy atom. The molecule has 80 valence electrons. The molecule has 0 aliphatic heterocycles. The minimum absolute atomic E-state index is 0.358. The first-order valence-electron chi connectivity index (χ1n) is 5.39. The molecular weight excluding hydrogens is 174 g/mol. The third kappa shape index (κ3) is 2.35. The molecule has 1 aromatic rings. The first-order valence-corrected chi connectivity index (χ1v) is 5.39. The molecule has 0 aliphatic rings. The fraction of sp³-hybridized carbons (Fsp3) is 0.727. The summed E-state index contributed by atoms with van der Waals surface area (Å²) in [6, 6.07) is 0.358. The zero-order chi connectivity index (χ0) is 10.6. The van der Waals surface area contributed by atoms with Crippen LogP contribution in [0.3, 0.4) is 0 Å². The van der Waals surface area contributed by atoms with Crippen LogP contribution in [0, 0.1) is 5.92 Å². The fourth-order valence-corrected chi connectivity index (χ4v) is 1.79. The van der Waals surface area contributed by atoms with Crippen LogP contribution in [0.1, 0.15) is 39.1 Å². The van der Waals surface area contributed by atoms with E-state index >= 15 is 0 Å². The average Bonchev–Trinajstić information content (AvgIpc) is 2.55. The van der Waals surface area contributed by atoms with E-state index in [9.17, 15) is 0 Å². The molecule has 3 heteroatoms. The molecule has 1 atom stereocenters. The van der Waals surface area contributed by atoms with E-state index in [0.717, 1.165) is 18.8 Å². The van der Waals surface area contributed by atoms with Crippen LogP contribution in [-0.2, 0) is 6.54 Å². The summed E-state index contributed by atoms with van der Waals surface area (Å²) >= 11 is 0. The molecule has 1 aromatic heterocycles. The van der Waals surface area contributed by atoms with Gasteiger partial charge in [0.05, 0.1) is 6.04 Å². The lowest BCUT2D eigenvalue weighted by Crippen LogP contribution is -2.25. The van der Waals surface area contributed by atoms with Crippen LogP contribution in [0.15, 0.2) is 12.4 Å². The van der Waals surface area contributed by atoms with Crippen molar-refractivity contribution in [2.24, 2.45) is 5.92 Å². The van der Waals surface area contributed by atoms with Gasteiger partial charge in [0, 0.05) is 18.9 Å². The van der Waals surface area contributed by atoms with Crippen molar-refractivity contribution in [1.82, 2.24) is 14.9 Å². The lowest BCUT2D eigenvalue weighted by molar-refractivity contribution is 0.405. The van der Waals surface area contributed by atoms with Gasteiger partial charge < -0.3 is 9.88 Å². The second-order valence-corrected chi connectivity index (χ2v) is 3.99. The highest BCUT2D eigenvalue weighted by Crippen LogP contribution is 2.19. The summed E-state index contributed by atoms with van der Waals surface area (Å²) in [7, 11) is 2.00. The summed E-state index contributed by atoms with van der Waals surface area (Å²) in [5, 5.41) is 3.32. The maximum atomic E-state index is 4.43. The van der Waals surface area contributed by atoms with Crippen LogP contribution in [0.4, 0.5) is 0 Å². The molecule has 1 rings (SSSR count). The second kappa shape index (κ2) is 5.15. The van der Waals surface area contributed by atoms with E-state index in [0.29, 0.717) is 12.0 Å². The molecule has 3 nitrogen and oxygen atoms in total. The Kier molecular flexibility index (Phi) is 4.14. The Bertz CT molecular complexity index is 265. The first-order chi connectivity index (χ1) is 6.70. The van der Waals surface area contributed by atoms with Crippen molar-refractivity contribution >= 4 is 0 Å². The number of hydrogen-bond donors (Lipinski definition) is 1. The smallest absolute Gasteiger partial charge is 0.126 e. The van der Waals surface area contributed by atoms with Crippen LogP contribution in [-0.4, -0.2) is 16.6 Å². The number of hydrogen-bond acceptors (Lipinski definition) is 2. The van der Waals surface area contributed by atoms with Crippen molar-refractivity contribution < 1.29 is 0 Å². The maximum Gasteiger partial charge on any atom is 0.126 e. The molecular formula is C11H21N3. The van der Waals surface area contributed by atoms with Gasteiger partial charge in [-0.3, -0.25) is 0 Å². The number of rotatable bonds is 5. The number of aromatic nitrogens is 2. The van der Waals surface area contributed by atoms with E-state index in [1.54, 1.807) is 0 Å². The highest BCUT2D eigenvalue weighted by atomic mass is 15.1. The molecule has 0 saturated carbocycles. The number of nitrogens with one attached hydrogen (secondary N) is 1. The summed E-state index contributed by atoms with van der Waals surface area (Å²) in [5.41, 5.74) is 0. The third-order valence-corrected chi connectivity index (χ3v) is 2.47. The summed E-state index contributed by atoms with van der Waals surface area (Å²) in [6.45, 7) is 7.67. The van der Waals surface area contributed by atoms with Crippen molar-refractivity contribution in [2.75, 3.05) is 7.05 Å². The van der Waals surface area contributed by atoms with Gasteiger partial charge in [0.25, 0.3) is 0 Å². The van der Waals surface area contributed by atoms with Crippen LogP contribution in [0.2, 0.25) is 0 Å². The molecule has 14 heavy (non-hydrogen) atoms. The number of nitrogens with zero attached hydrogens (tertiary/aromatic N) is 2. The van der Waals surface area contributed by atoms with Crippen molar-refractivity contribution in [3.63, 3.8) is 0 Å². The minimum atomic E-state index is 0.358. The normalized spacial score (nSPS) is 13.5. The lowest BCUT2D eigenvalue weighted by Gasteiger charge is -2.20. The number of aryl methyl sites for hydroxylation is 1. The quantitative estimate of drug-likeness (QED) is 0.780. The zero-order valence-electron chi connectivity index (χ0n) is 9.62. The maximum absolute atomic E-state index is 4.43. The SMILES string of the molecule is CCCn1ccnc1C(NC)C(C)C. The van der Waals surface area contributed by atoms with Gasteiger partial charge in [-0.1, -0.05) is 20.8 Å². The molecule has 0 radical (unpaired) electrons. The molecule has 1 N–H and O–H groups in total. The van der Waals surface area contributed by atoms with Crippen LogP contribution in [0.25, 0.3) is 0 Å². The van der Waals surface area contributed by atoms with Crippen molar-refractivity contribution in [3.8, 4) is 0 Å². The molecule has 0 amide bonds. The van der Waals surface area contributed by atoms with Gasteiger partial charge in [0.2, 0.25) is 0 Å². The minimum Gasteiger partial charge on any atom is -0.334 e. The predicted molar refractivity (Wildman–Crippen MR) is 59.2 cm³/mol. The van der Waals surface area contributed by atoms with Gasteiger partial charge in [0.15, 0.2) is 0 Å². The van der Waals surface area contributed by atoms with Crippen molar-refractivity contribution in [2.45, 2.75) is 39.8 Å². The molecule has 0 spiro atoms. The van der Waals surface area contributed by atoms with Gasteiger partial charge in [0.1, 0.15) is 5.82 Å². The molecule has 0 aromatic carbocycles. The van der Waals surface area contributed by atoms with Gasteiger partial charge in [-0.25, -0.2) is 4.98 Å². The highest BCUT2D eigenvalue weighted by Gasteiger charge is 2.17. The van der Waals surface area contributed by atoms with Crippen molar-refractivity contribution in [3.05, 3.63) is 18.2 Å². The van der Waals surface area contributed by atoms with Crippen molar-refractivity contribution in [1.29, 1.82) is 0 Å². The van der Waals surface area contributed by atoms with E-state index in [1.165, 1.54) is 0 Å². The zero-order valence-corrected chi connectivity index (χ0v) is 9.62. The Balaban J connectivity index is 2.86. The van der Waals surface area contributed by atoms with E-state index in [4.69, 9.17) is 0 Å². The predicted octanol–water partition coefficient (Wildman–Crippen LogP) is 2.21. The Morgan fingerprint density at radius 1 is 1.50 bits per heavy atom. The fourth-order valence-electron chi connectivity index (χ4n) is 1.79. The third-order valence-electron chi connectivity index (χ3n) is 2.47. The topological polar surface area (TPSA) is 29.9 Å². The summed E-state index contributed by atoms with van der Waals surface area (Å²) in [6.07, 6.45) is 5.10. The number of imidazole rings is 1. The Hall–Kier alpha value is -0.830. The Labute approximate surface area is 86.5 Å². The first kappa shape index (κ1) is 11.2. The molecule has 0 bridgehead atoms. The van der Waals surface area contributed by atoms with Crippen LogP contribution >= 0.6 is 0 Å². The summed E-state index contributed by atoms with van der Waals surface area (Å²) < 4.78 is 2.24. The molecule has 0 saturated heterocycles. The summed E-state index contributed by atoms with van der Waals surface area (Å²) in [5.74, 6) is 1.72. The van der Waals surface area contributed by atoms with E-state index in [2.05, 4.69) is 41.8 Å². The van der Waals surface area contributed by atoms with Crippen LogP contribution in [0.5, 0.6) is 0 Å². The largest absolute Gasteiger partial charge is 0.334 e. The van der Waals surface area contributed by atoms with Crippen LogP contribution < -0.4 is 5.32 Å². The highest BCUT2D eigenvalue weighted by molar-refractivity contribution is 5.00. The average molecular weight is 195 g/mol. The van der Waals surface area contributed by atoms with E-state index in [1.807, 2.05) is 13.2 Å². The lowest BCUT2D eigenvalue weighted by atomic mass is 10.0. The summed E-state index contributed by atoms with van der Waals surface area (Å²) in [4.78, 5) is 4.43. The molecule has 1 unspecified atom stereocenters. The monoisotopic (exact) mass is 195 g/mol.